The second kappa shape index (κ2) is 78.8. The van der Waals surface area contributed by atoms with Gasteiger partial charge in [0.1, 0.15) is 0 Å². The zero-order valence-electron chi connectivity index (χ0n) is 60.7. The summed E-state index contributed by atoms with van der Waals surface area (Å²) in [6.07, 6.45) is 101. The number of nitrogens with one attached hydrogen (secondary N) is 1. The zero-order valence-corrected chi connectivity index (χ0v) is 60.7. The third kappa shape index (κ3) is 75.3. The Labute approximate surface area is 558 Å². The minimum atomic E-state index is -0.663. The van der Waals surface area contributed by atoms with Crippen LogP contribution in [-0.4, -0.2) is 47.4 Å². The Kier molecular flexibility index (Phi) is 77.3. The number of hydrogen-bond donors (Lipinski definition) is 3. The third-order valence-corrected chi connectivity index (χ3v) is 19.5. The van der Waals surface area contributed by atoms with Crippen molar-refractivity contribution in [3.63, 3.8) is 0 Å². The molecule has 0 aromatic rings. The van der Waals surface area contributed by atoms with Gasteiger partial charge < -0.3 is 20.3 Å². The Morgan fingerprint density at radius 1 is 0.315 bits per heavy atom. The molecule has 0 aromatic heterocycles. The summed E-state index contributed by atoms with van der Waals surface area (Å²) in [6.45, 7) is 4.98. The van der Waals surface area contributed by atoms with Gasteiger partial charge in [-0.15, -0.1) is 0 Å². The fourth-order valence-electron chi connectivity index (χ4n) is 13.3. The van der Waals surface area contributed by atoms with Crippen molar-refractivity contribution < 1.29 is 24.5 Å². The number of aliphatic hydroxyl groups excluding tert-OH is 2. The van der Waals surface area contributed by atoms with Crippen LogP contribution in [0.25, 0.3) is 0 Å². The van der Waals surface area contributed by atoms with Crippen molar-refractivity contribution in [2.24, 2.45) is 0 Å². The van der Waals surface area contributed by atoms with Gasteiger partial charge in [0.2, 0.25) is 5.91 Å². The first kappa shape index (κ1) is 87.3. The summed E-state index contributed by atoms with van der Waals surface area (Å²) in [7, 11) is 0. The molecule has 0 rings (SSSR count). The van der Waals surface area contributed by atoms with Crippen molar-refractivity contribution in [1.29, 1.82) is 0 Å². The van der Waals surface area contributed by atoms with Gasteiger partial charge in [-0.3, -0.25) is 9.59 Å². The Morgan fingerprint density at radius 2 is 0.562 bits per heavy atom. The summed E-state index contributed by atoms with van der Waals surface area (Å²) in [6, 6.07) is -0.540. The Bertz CT molecular complexity index is 1400. The van der Waals surface area contributed by atoms with E-state index >= 15 is 0 Å². The van der Waals surface area contributed by atoms with Crippen LogP contribution in [0.3, 0.4) is 0 Å². The van der Waals surface area contributed by atoms with Crippen molar-refractivity contribution in [3.8, 4) is 0 Å². The van der Waals surface area contributed by atoms with Gasteiger partial charge in [0.15, 0.2) is 0 Å². The van der Waals surface area contributed by atoms with Gasteiger partial charge in [-0.2, -0.15) is 0 Å². The fourth-order valence-corrected chi connectivity index (χ4v) is 13.3. The highest BCUT2D eigenvalue weighted by atomic mass is 16.5. The number of rotatable bonds is 78. The van der Waals surface area contributed by atoms with Gasteiger partial charge in [0.25, 0.3) is 0 Å². The van der Waals surface area contributed by atoms with E-state index in [0.717, 1.165) is 51.4 Å². The first-order chi connectivity index (χ1) is 44.0. The Morgan fingerprint density at radius 3 is 0.876 bits per heavy atom. The summed E-state index contributed by atoms with van der Waals surface area (Å²) in [5.41, 5.74) is 0. The molecule has 0 radical (unpaired) electrons. The molecule has 3 N–H and O–H groups in total. The van der Waals surface area contributed by atoms with E-state index in [2.05, 4.69) is 43.5 Å². The summed E-state index contributed by atoms with van der Waals surface area (Å²) in [5.74, 6) is -0.0107. The van der Waals surface area contributed by atoms with Gasteiger partial charge in [0, 0.05) is 12.8 Å². The monoisotopic (exact) mass is 1250 g/mol. The lowest BCUT2D eigenvalue weighted by atomic mass is 10.0. The Balaban J connectivity index is 3.33. The van der Waals surface area contributed by atoms with Crippen LogP contribution < -0.4 is 5.32 Å². The van der Waals surface area contributed by atoms with Crippen LogP contribution in [0.4, 0.5) is 0 Å². The predicted octanol–water partition coefficient (Wildman–Crippen LogP) is 27.2. The smallest absolute Gasteiger partial charge is 0.305 e. The molecule has 0 saturated carbocycles. The topological polar surface area (TPSA) is 95.9 Å². The molecule has 1 amide bonds. The Hall–Kier alpha value is -1.66. The van der Waals surface area contributed by atoms with E-state index in [1.54, 1.807) is 0 Å². The second-order valence-electron chi connectivity index (χ2n) is 28.5. The van der Waals surface area contributed by atoms with Crippen molar-refractivity contribution in [2.75, 3.05) is 13.2 Å². The molecule has 0 aliphatic carbocycles. The fraction of sp³-hybridized carbons (Fsp3) is 0.928. The number of hydrogen-bond acceptors (Lipinski definition) is 5. The molecule has 0 fully saturated rings. The number of aliphatic hydroxyl groups is 2. The van der Waals surface area contributed by atoms with Crippen molar-refractivity contribution >= 4 is 11.9 Å². The third-order valence-electron chi connectivity index (χ3n) is 19.5. The molecular formula is C83H161NO5. The molecule has 6 heteroatoms. The van der Waals surface area contributed by atoms with E-state index in [-0.39, 0.29) is 18.5 Å². The molecule has 6 nitrogen and oxygen atoms in total. The van der Waals surface area contributed by atoms with Crippen LogP contribution in [-0.2, 0) is 14.3 Å². The molecule has 89 heavy (non-hydrogen) atoms. The van der Waals surface area contributed by atoms with Crippen molar-refractivity contribution in [3.05, 3.63) is 24.3 Å². The number of amides is 1. The number of carbonyl (C=O) groups is 2. The van der Waals surface area contributed by atoms with Crippen LogP contribution in [0.2, 0.25) is 0 Å². The minimum absolute atomic E-state index is 0.0141. The number of ether oxygens (including phenoxy) is 1. The first-order valence-electron chi connectivity index (χ1n) is 41.1. The van der Waals surface area contributed by atoms with E-state index in [9.17, 15) is 19.8 Å². The molecular weight excluding hydrogens is 1090 g/mol. The van der Waals surface area contributed by atoms with Crippen LogP contribution in [0.15, 0.2) is 24.3 Å². The van der Waals surface area contributed by atoms with Crippen LogP contribution in [0, 0.1) is 0 Å². The van der Waals surface area contributed by atoms with E-state index in [1.807, 2.05) is 0 Å². The normalized spacial score (nSPS) is 12.5. The molecule has 0 aliphatic heterocycles. The molecule has 2 unspecified atom stereocenters. The molecule has 0 spiro atoms. The average Bonchev–Trinajstić information content (AvgIpc) is 3.64. The first-order valence-corrected chi connectivity index (χ1v) is 41.1. The molecule has 0 aromatic carbocycles. The summed E-state index contributed by atoms with van der Waals surface area (Å²) in [4.78, 5) is 24.7. The standard InChI is InChI=1S/C83H161NO5/c1-3-5-7-9-11-13-15-17-19-21-22-23-24-34-37-40-44-47-51-55-59-63-67-71-75-81(86)80(79-85)84-82(87)76-72-68-64-60-56-52-48-45-41-38-35-32-30-28-26-25-27-29-31-33-36-39-42-46-50-54-58-62-66-70-74-78-89-83(88)77-73-69-65-61-57-53-49-43-20-18-16-14-12-10-8-6-4-2/h12,14,18,20,80-81,85-86H,3-11,13,15-17,19,21-79H2,1-2H3,(H,84,87)/b14-12-,20-18-. The van der Waals surface area contributed by atoms with Crippen molar-refractivity contribution in [1.82, 2.24) is 5.32 Å². The predicted molar refractivity (Wildman–Crippen MR) is 393 cm³/mol. The van der Waals surface area contributed by atoms with E-state index in [1.165, 1.54) is 385 Å². The number of esters is 1. The largest absolute Gasteiger partial charge is 0.466 e. The van der Waals surface area contributed by atoms with Crippen molar-refractivity contribution in [2.45, 2.75) is 482 Å². The van der Waals surface area contributed by atoms with Gasteiger partial charge >= 0.3 is 5.97 Å². The highest BCUT2D eigenvalue weighted by molar-refractivity contribution is 5.76. The quantitative estimate of drug-likeness (QED) is 0.0320. The maximum absolute atomic E-state index is 12.6. The maximum Gasteiger partial charge on any atom is 0.305 e. The minimum Gasteiger partial charge on any atom is -0.466 e. The highest BCUT2D eigenvalue weighted by Crippen LogP contribution is 2.21. The van der Waals surface area contributed by atoms with Crippen LogP contribution in [0.1, 0.15) is 470 Å². The van der Waals surface area contributed by atoms with E-state index in [0.29, 0.717) is 25.9 Å². The van der Waals surface area contributed by atoms with Gasteiger partial charge in [0.05, 0.1) is 25.4 Å². The highest BCUT2D eigenvalue weighted by Gasteiger charge is 2.20. The molecule has 528 valence electrons. The molecule has 0 saturated heterocycles. The lowest BCUT2D eigenvalue weighted by Crippen LogP contribution is -2.45. The SMILES string of the molecule is CCCCC/C=C\C/C=C\CCCCCCCCCC(=O)OCCCCCCCCCCCCCCCCCCCCCCCCCCCCCCCCCC(=O)NC(CO)C(O)CCCCCCCCCCCCCCCCCCCCCCCCCC. The van der Waals surface area contributed by atoms with Gasteiger partial charge in [-0.25, -0.2) is 0 Å². The molecule has 0 bridgehead atoms. The molecule has 2 atom stereocenters. The number of allylic oxidation sites excluding steroid dienone is 4. The van der Waals surface area contributed by atoms with E-state index in [4.69, 9.17) is 4.74 Å². The second-order valence-corrected chi connectivity index (χ2v) is 28.5. The average molecular weight is 1250 g/mol. The zero-order chi connectivity index (χ0) is 64.2. The van der Waals surface area contributed by atoms with Crippen LogP contribution in [0.5, 0.6) is 0 Å². The molecule has 0 heterocycles. The number of unbranched alkanes of at least 4 members (excludes halogenated alkanes) is 63. The number of carbonyl (C=O) groups excluding carboxylic acids is 2. The van der Waals surface area contributed by atoms with Gasteiger partial charge in [-0.1, -0.05) is 423 Å². The summed E-state index contributed by atoms with van der Waals surface area (Å²) < 4.78 is 5.51. The summed E-state index contributed by atoms with van der Waals surface area (Å²) >= 11 is 0. The van der Waals surface area contributed by atoms with E-state index < -0.39 is 12.1 Å². The lowest BCUT2D eigenvalue weighted by molar-refractivity contribution is -0.143. The maximum atomic E-state index is 12.6. The van der Waals surface area contributed by atoms with Gasteiger partial charge in [-0.05, 0) is 57.8 Å². The lowest BCUT2D eigenvalue weighted by Gasteiger charge is -2.22. The van der Waals surface area contributed by atoms with Crippen LogP contribution >= 0.6 is 0 Å². The summed E-state index contributed by atoms with van der Waals surface area (Å²) in [5, 5.41) is 23.5. The molecule has 0 aliphatic rings.